The van der Waals surface area contributed by atoms with Gasteiger partial charge in [-0.1, -0.05) is 12.1 Å². The largest absolute Gasteiger partial charge is 0.497 e. The standard InChI is InChI=1S/C13H17N3O3/c1-18-11-5-3-9(4-6-11)10-7-14-12(15-8-10)16-13(17)19-2/h3-6,10H,7-8H2,1-2H3,(H2,14,15,16,17). The van der Waals surface area contributed by atoms with Gasteiger partial charge in [0.15, 0.2) is 0 Å². The van der Waals surface area contributed by atoms with Crippen molar-refractivity contribution in [2.45, 2.75) is 5.92 Å². The van der Waals surface area contributed by atoms with Gasteiger partial charge in [-0.2, -0.15) is 0 Å². The second kappa shape index (κ2) is 6.08. The van der Waals surface area contributed by atoms with E-state index in [2.05, 4.69) is 20.4 Å². The van der Waals surface area contributed by atoms with Crippen LogP contribution in [0.3, 0.4) is 0 Å². The first-order chi connectivity index (χ1) is 9.22. The van der Waals surface area contributed by atoms with Crippen molar-refractivity contribution in [1.29, 1.82) is 0 Å². The Labute approximate surface area is 111 Å². The molecule has 0 radical (unpaired) electrons. The zero-order valence-corrected chi connectivity index (χ0v) is 11.0. The van der Waals surface area contributed by atoms with Gasteiger partial charge in [-0.25, -0.2) is 4.79 Å². The molecule has 19 heavy (non-hydrogen) atoms. The quantitative estimate of drug-likeness (QED) is 0.838. The van der Waals surface area contributed by atoms with Crippen molar-refractivity contribution in [2.24, 2.45) is 4.99 Å². The molecule has 0 aromatic heterocycles. The fraction of sp³-hybridized carbons (Fsp3) is 0.385. The Kier molecular flexibility index (Phi) is 4.22. The molecule has 0 saturated carbocycles. The SMILES string of the molecule is COC(=O)NC1=NCC(c2ccc(OC)cc2)CN1. The van der Waals surface area contributed by atoms with Gasteiger partial charge in [0.2, 0.25) is 5.96 Å². The van der Waals surface area contributed by atoms with Gasteiger partial charge in [0.1, 0.15) is 5.75 Å². The van der Waals surface area contributed by atoms with Crippen LogP contribution in [0.5, 0.6) is 5.75 Å². The van der Waals surface area contributed by atoms with Crippen LogP contribution < -0.4 is 15.4 Å². The molecule has 1 amide bonds. The zero-order chi connectivity index (χ0) is 13.7. The third-order valence-electron chi connectivity index (χ3n) is 2.98. The number of ether oxygens (including phenoxy) is 2. The monoisotopic (exact) mass is 263 g/mol. The first kappa shape index (κ1) is 13.2. The van der Waals surface area contributed by atoms with E-state index in [1.54, 1.807) is 7.11 Å². The maximum absolute atomic E-state index is 11.0. The Morgan fingerprint density at radius 1 is 1.37 bits per heavy atom. The molecule has 1 aliphatic rings. The minimum Gasteiger partial charge on any atom is -0.497 e. The van der Waals surface area contributed by atoms with E-state index < -0.39 is 6.09 Å². The van der Waals surface area contributed by atoms with E-state index in [0.29, 0.717) is 12.5 Å². The summed E-state index contributed by atoms with van der Waals surface area (Å²) < 4.78 is 9.63. The second-order valence-corrected chi connectivity index (χ2v) is 4.16. The van der Waals surface area contributed by atoms with Crippen molar-refractivity contribution >= 4 is 12.1 Å². The molecule has 2 N–H and O–H groups in total. The van der Waals surface area contributed by atoms with Crippen LogP contribution in [0.2, 0.25) is 0 Å². The van der Waals surface area contributed by atoms with E-state index in [1.165, 1.54) is 12.7 Å². The lowest BCUT2D eigenvalue weighted by molar-refractivity contribution is 0.176. The molecular formula is C13H17N3O3. The average molecular weight is 263 g/mol. The first-order valence-electron chi connectivity index (χ1n) is 6.00. The van der Waals surface area contributed by atoms with Gasteiger partial charge in [0, 0.05) is 12.5 Å². The maximum Gasteiger partial charge on any atom is 0.413 e. The van der Waals surface area contributed by atoms with E-state index in [9.17, 15) is 4.79 Å². The topological polar surface area (TPSA) is 72.0 Å². The third kappa shape index (κ3) is 3.37. The summed E-state index contributed by atoms with van der Waals surface area (Å²) in [6.45, 7) is 1.34. The van der Waals surface area contributed by atoms with Crippen LogP contribution in [0.1, 0.15) is 11.5 Å². The van der Waals surface area contributed by atoms with Crippen LogP contribution in [0.4, 0.5) is 4.79 Å². The van der Waals surface area contributed by atoms with Crippen molar-refractivity contribution in [2.75, 3.05) is 27.3 Å². The minimum absolute atomic E-state index is 0.286. The molecule has 1 heterocycles. The molecule has 1 aliphatic heterocycles. The van der Waals surface area contributed by atoms with E-state index in [1.807, 2.05) is 24.3 Å². The van der Waals surface area contributed by atoms with Crippen LogP contribution in [-0.4, -0.2) is 39.4 Å². The van der Waals surface area contributed by atoms with Gasteiger partial charge in [0.05, 0.1) is 20.8 Å². The predicted molar refractivity (Wildman–Crippen MR) is 71.6 cm³/mol. The van der Waals surface area contributed by atoms with Crippen molar-refractivity contribution in [3.63, 3.8) is 0 Å². The number of rotatable bonds is 2. The number of hydrogen-bond donors (Lipinski definition) is 2. The normalized spacial score (nSPS) is 18.0. The van der Waals surface area contributed by atoms with E-state index in [4.69, 9.17) is 4.74 Å². The highest BCUT2D eigenvalue weighted by Gasteiger charge is 2.18. The van der Waals surface area contributed by atoms with E-state index in [-0.39, 0.29) is 5.92 Å². The van der Waals surface area contributed by atoms with Gasteiger partial charge >= 0.3 is 6.09 Å². The number of guanidine groups is 1. The lowest BCUT2D eigenvalue weighted by Gasteiger charge is -2.23. The average Bonchev–Trinajstić information content (AvgIpc) is 2.48. The summed E-state index contributed by atoms with van der Waals surface area (Å²) in [7, 11) is 2.96. The van der Waals surface area contributed by atoms with Crippen LogP contribution in [0.15, 0.2) is 29.3 Å². The van der Waals surface area contributed by atoms with Gasteiger partial charge in [-0.15, -0.1) is 0 Å². The number of nitrogens with zero attached hydrogens (tertiary/aromatic N) is 1. The highest BCUT2D eigenvalue weighted by Crippen LogP contribution is 2.20. The molecule has 0 fully saturated rings. The van der Waals surface area contributed by atoms with Crippen molar-refractivity contribution < 1.29 is 14.3 Å². The Morgan fingerprint density at radius 2 is 2.11 bits per heavy atom. The number of nitrogens with one attached hydrogen (secondary N) is 2. The number of alkyl carbamates (subject to hydrolysis) is 1. The second-order valence-electron chi connectivity index (χ2n) is 4.16. The number of amides is 1. The summed E-state index contributed by atoms with van der Waals surface area (Å²) in [6.07, 6.45) is -0.519. The number of aliphatic imine (C=N–C) groups is 1. The smallest absolute Gasteiger partial charge is 0.413 e. The molecular weight excluding hydrogens is 246 g/mol. The fourth-order valence-electron chi connectivity index (χ4n) is 1.87. The molecule has 1 aromatic rings. The summed E-state index contributed by atoms with van der Waals surface area (Å²) in [5, 5.41) is 5.58. The molecule has 2 rings (SSSR count). The fourth-order valence-corrected chi connectivity index (χ4v) is 1.87. The molecule has 0 bridgehead atoms. The molecule has 0 spiro atoms. The Bertz CT molecular complexity index is 471. The third-order valence-corrected chi connectivity index (χ3v) is 2.98. The number of benzene rings is 1. The molecule has 102 valence electrons. The molecule has 6 heteroatoms. The summed E-state index contributed by atoms with van der Waals surface area (Å²) in [5.41, 5.74) is 1.19. The molecule has 0 saturated heterocycles. The van der Waals surface area contributed by atoms with Gasteiger partial charge < -0.3 is 14.8 Å². The Hall–Kier alpha value is -2.24. The van der Waals surface area contributed by atoms with Crippen LogP contribution in [0, 0.1) is 0 Å². The Balaban J connectivity index is 1.96. The number of carbonyl (C=O) groups excluding carboxylic acids is 1. The molecule has 1 atom stereocenters. The molecule has 6 nitrogen and oxygen atoms in total. The van der Waals surface area contributed by atoms with Crippen molar-refractivity contribution in [1.82, 2.24) is 10.6 Å². The predicted octanol–water partition coefficient (Wildman–Crippen LogP) is 1.09. The summed E-state index contributed by atoms with van der Waals surface area (Å²) in [4.78, 5) is 15.3. The van der Waals surface area contributed by atoms with Crippen molar-refractivity contribution in [3.8, 4) is 5.75 Å². The van der Waals surface area contributed by atoms with E-state index in [0.717, 1.165) is 12.3 Å². The number of methoxy groups -OCH3 is 2. The molecule has 0 aliphatic carbocycles. The lowest BCUT2D eigenvalue weighted by atomic mass is 9.98. The highest BCUT2D eigenvalue weighted by atomic mass is 16.5. The van der Waals surface area contributed by atoms with Crippen LogP contribution >= 0.6 is 0 Å². The summed E-state index contributed by atoms with van der Waals surface area (Å²) in [6, 6.07) is 7.92. The molecule has 1 unspecified atom stereocenters. The number of hydrogen-bond acceptors (Lipinski definition) is 5. The van der Waals surface area contributed by atoms with Crippen LogP contribution in [-0.2, 0) is 4.74 Å². The summed E-state index contributed by atoms with van der Waals surface area (Å²) >= 11 is 0. The maximum atomic E-state index is 11.0. The molecule has 1 aromatic carbocycles. The summed E-state index contributed by atoms with van der Waals surface area (Å²) in [5.74, 6) is 1.58. The zero-order valence-electron chi connectivity index (χ0n) is 11.0. The van der Waals surface area contributed by atoms with Crippen molar-refractivity contribution in [3.05, 3.63) is 29.8 Å². The van der Waals surface area contributed by atoms with Gasteiger partial charge in [-0.3, -0.25) is 10.3 Å². The van der Waals surface area contributed by atoms with Gasteiger partial charge in [0.25, 0.3) is 0 Å². The minimum atomic E-state index is -0.519. The van der Waals surface area contributed by atoms with Gasteiger partial charge in [-0.05, 0) is 17.7 Å². The Morgan fingerprint density at radius 3 is 2.63 bits per heavy atom. The lowest BCUT2D eigenvalue weighted by Crippen LogP contribution is -2.45. The highest BCUT2D eigenvalue weighted by molar-refractivity contribution is 5.94. The number of carbonyl (C=O) groups is 1. The van der Waals surface area contributed by atoms with Crippen LogP contribution in [0.25, 0.3) is 0 Å². The first-order valence-corrected chi connectivity index (χ1v) is 6.00. The van der Waals surface area contributed by atoms with E-state index >= 15 is 0 Å².